The average Bonchev–Trinajstić information content (AvgIpc) is 2.96. The summed E-state index contributed by atoms with van der Waals surface area (Å²) >= 11 is 0. The molecule has 2 aliphatic heterocycles. The first kappa shape index (κ1) is 17.3. The van der Waals surface area contributed by atoms with Crippen molar-refractivity contribution in [3.63, 3.8) is 0 Å². The van der Waals surface area contributed by atoms with Crippen LogP contribution in [0.2, 0.25) is 0 Å². The van der Waals surface area contributed by atoms with Crippen LogP contribution in [-0.2, 0) is 27.2 Å². The summed E-state index contributed by atoms with van der Waals surface area (Å²) in [7, 11) is 0. The molecule has 134 valence electrons. The van der Waals surface area contributed by atoms with E-state index >= 15 is 0 Å². The van der Waals surface area contributed by atoms with Gasteiger partial charge in [0.25, 0.3) is 0 Å². The van der Waals surface area contributed by atoms with Gasteiger partial charge in [-0.1, -0.05) is 12.1 Å². The lowest BCUT2D eigenvalue weighted by molar-refractivity contribution is -0.145. The first-order chi connectivity index (χ1) is 12.0. The molecule has 25 heavy (non-hydrogen) atoms. The normalized spacial score (nSPS) is 19.8. The molecule has 0 bridgehead atoms. The van der Waals surface area contributed by atoms with Crippen LogP contribution in [0.3, 0.4) is 0 Å². The molecule has 3 N–H and O–H groups in total. The van der Waals surface area contributed by atoms with Crippen LogP contribution in [0.4, 0.5) is 5.69 Å². The Morgan fingerprint density at radius 1 is 1.32 bits per heavy atom. The van der Waals surface area contributed by atoms with Crippen LogP contribution in [0.5, 0.6) is 0 Å². The molecule has 1 fully saturated rings. The Hall–Kier alpha value is -2.57. The van der Waals surface area contributed by atoms with E-state index in [1.54, 1.807) is 0 Å². The summed E-state index contributed by atoms with van der Waals surface area (Å²) in [5.41, 5.74) is 3.23. The molecular weight excluding hydrogens is 322 g/mol. The molecule has 2 heterocycles. The lowest BCUT2D eigenvalue weighted by Crippen LogP contribution is -2.49. The van der Waals surface area contributed by atoms with Crippen molar-refractivity contribution in [2.45, 2.75) is 38.1 Å². The molecule has 0 radical (unpaired) electrons. The van der Waals surface area contributed by atoms with Gasteiger partial charge in [0.15, 0.2) is 0 Å². The smallest absolute Gasteiger partial charge is 0.323 e. The number of rotatable bonds is 5. The van der Waals surface area contributed by atoms with Gasteiger partial charge in [-0.05, 0) is 42.9 Å². The fourth-order valence-corrected chi connectivity index (χ4v) is 3.44. The summed E-state index contributed by atoms with van der Waals surface area (Å²) in [5, 5.41) is 15.0. The highest BCUT2D eigenvalue weighted by Crippen LogP contribution is 2.23. The number of nitrogens with one attached hydrogen (secondary N) is 2. The molecular formula is C18H23N3O4. The molecule has 0 aliphatic carbocycles. The van der Waals surface area contributed by atoms with Crippen molar-refractivity contribution in [3.05, 3.63) is 29.3 Å². The fourth-order valence-electron chi connectivity index (χ4n) is 3.44. The lowest BCUT2D eigenvalue weighted by Gasteiger charge is -2.23. The predicted octanol–water partition coefficient (Wildman–Crippen LogP) is 0.779. The molecule has 7 heteroatoms. The Labute approximate surface area is 146 Å². The Bertz CT molecular complexity index is 689. The van der Waals surface area contributed by atoms with Crippen molar-refractivity contribution in [3.8, 4) is 0 Å². The third-order valence-corrected chi connectivity index (χ3v) is 4.69. The van der Waals surface area contributed by atoms with Crippen molar-refractivity contribution >= 4 is 23.5 Å². The fraction of sp³-hybridized carbons (Fsp3) is 0.500. The maximum Gasteiger partial charge on any atom is 0.323 e. The van der Waals surface area contributed by atoms with E-state index in [-0.39, 0.29) is 24.8 Å². The minimum absolute atomic E-state index is 0.206. The summed E-state index contributed by atoms with van der Waals surface area (Å²) in [6, 6.07) is 5.32. The molecule has 2 amide bonds. The number of hydrogen-bond acceptors (Lipinski definition) is 4. The Kier molecular flexibility index (Phi) is 5.21. The number of fused-ring (bicyclic) bond motifs is 1. The van der Waals surface area contributed by atoms with Gasteiger partial charge in [0.05, 0.1) is 6.42 Å². The highest BCUT2D eigenvalue weighted by Gasteiger charge is 2.29. The van der Waals surface area contributed by atoms with Gasteiger partial charge in [0, 0.05) is 18.8 Å². The summed E-state index contributed by atoms with van der Waals surface area (Å²) < 4.78 is 0. The first-order valence-corrected chi connectivity index (χ1v) is 8.68. The molecule has 1 saturated heterocycles. The van der Waals surface area contributed by atoms with Crippen LogP contribution >= 0.6 is 0 Å². The standard InChI is InChI=1S/C18H23N3O4/c22-16(10-12-4-5-13-6-7-19-15(13)9-12)20-14-3-1-2-8-21(18(14)25)11-17(23)24/h4-5,9,14,19H,1-3,6-8,10-11H2,(H,20,22)(H,23,24). The van der Waals surface area contributed by atoms with E-state index in [1.165, 1.54) is 10.5 Å². The topological polar surface area (TPSA) is 98.7 Å². The van der Waals surface area contributed by atoms with Crippen LogP contribution in [0.15, 0.2) is 18.2 Å². The highest BCUT2D eigenvalue weighted by atomic mass is 16.4. The third-order valence-electron chi connectivity index (χ3n) is 4.69. The number of carbonyl (C=O) groups excluding carboxylic acids is 2. The second-order valence-corrected chi connectivity index (χ2v) is 6.61. The van der Waals surface area contributed by atoms with Crippen LogP contribution in [-0.4, -0.2) is 53.5 Å². The third kappa shape index (κ3) is 4.29. The molecule has 0 saturated carbocycles. The van der Waals surface area contributed by atoms with Gasteiger partial charge >= 0.3 is 5.97 Å². The number of benzene rings is 1. The minimum atomic E-state index is -1.04. The van der Waals surface area contributed by atoms with Crippen LogP contribution in [0.1, 0.15) is 30.4 Å². The molecule has 1 aromatic rings. The number of nitrogens with zero attached hydrogens (tertiary/aromatic N) is 1. The number of carboxylic acids is 1. The molecule has 3 rings (SSSR count). The van der Waals surface area contributed by atoms with E-state index in [2.05, 4.69) is 10.6 Å². The van der Waals surface area contributed by atoms with E-state index in [4.69, 9.17) is 5.11 Å². The Morgan fingerprint density at radius 2 is 2.16 bits per heavy atom. The SMILES string of the molecule is O=C(O)CN1CCCCC(NC(=O)Cc2ccc3c(c2)NCC3)C1=O. The minimum Gasteiger partial charge on any atom is -0.480 e. The van der Waals surface area contributed by atoms with Crippen molar-refractivity contribution in [2.24, 2.45) is 0 Å². The van der Waals surface area contributed by atoms with Crippen molar-refractivity contribution in [1.82, 2.24) is 10.2 Å². The number of hydrogen-bond donors (Lipinski definition) is 3. The predicted molar refractivity (Wildman–Crippen MR) is 92.3 cm³/mol. The summed E-state index contributed by atoms with van der Waals surface area (Å²) in [6.07, 6.45) is 3.29. The van der Waals surface area contributed by atoms with Gasteiger partial charge in [-0.25, -0.2) is 0 Å². The largest absolute Gasteiger partial charge is 0.480 e. The van der Waals surface area contributed by atoms with Crippen LogP contribution in [0, 0.1) is 0 Å². The second-order valence-electron chi connectivity index (χ2n) is 6.61. The van der Waals surface area contributed by atoms with E-state index in [9.17, 15) is 14.4 Å². The van der Waals surface area contributed by atoms with Crippen molar-refractivity contribution < 1.29 is 19.5 Å². The maximum absolute atomic E-state index is 12.5. The number of anilines is 1. The van der Waals surface area contributed by atoms with Crippen LogP contribution in [0.25, 0.3) is 0 Å². The van der Waals surface area contributed by atoms with E-state index in [1.807, 2.05) is 18.2 Å². The first-order valence-electron chi connectivity index (χ1n) is 8.68. The monoisotopic (exact) mass is 345 g/mol. The number of aliphatic carboxylic acids is 1. The Morgan fingerprint density at radius 3 is 2.96 bits per heavy atom. The average molecular weight is 345 g/mol. The number of carboxylic acid groups (broad SMARTS) is 1. The van der Waals surface area contributed by atoms with Gasteiger partial charge in [-0.3, -0.25) is 14.4 Å². The van der Waals surface area contributed by atoms with Gasteiger partial charge in [0.1, 0.15) is 12.6 Å². The quantitative estimate of drug-likeness (QED) is 0.732. The molecule has 1 aromatic carbocycles. The summed E-state index contributed by atoms with van der Waals surface area (Å²) in [4.78, 5) is 37.0. The van der Waals surface area contributed by atoms with Gasteiger partial charge in [-0.2, -0.15) is 0 Å². The van der Waals surface area contributed by atoms with Crippen molar-refractivity contribution in [2.75, 3.05) is 25.0 Å². The number of amides is 2. The van der Waals surface area contributed by atoms with Gasteiger partial charge in [-0.15, -0.1) is 0 Å². The van der Waals surface area contributed by atoms with Crippen LogP contribution < -0.4 is 10.6 Å². The van der Waals surface area contributed by atoms with Gasteiger partial charge < -0.3 is 20.6 Å². The zero-order valence-corrected chi connectivity index (χ0v) is 14.1. The number of likely N-dealkylation sites (tertiary alicyclic amines) is 1. The van der Waals surface area contributed by atoms with E-state index in [0.29, 0.717) is 13.0 Å². The molecule has 1 unspecified atom stereocenters. The van der Waals surface area contributed by atoms with Gasteiger partial charge in [0.2, 0.25) is 11.8 Å². The molecule has 0 aromatic heterocycles. The highest BCUT2D eigenvalue weighted by molar-refractivity contribution is 5.90. The maximum atomic E-state index is 12.5. The van der Waals surface area contributed by atoms with E-state index in [0.717, 1.165) is 37.1 Å². The second kappa shape index (κ2) is 7.55. The zero-order valence-electron chi connectivity index (χ0n) is 14.1. The zero-order chi connectivity index (χ0) is 17.8. The summed E-state index contributed by atoms with van der Waals surface area (Å²) in [5.74, 6) is -1.55. The molecule has 7 nitrogen and oxygen atoms in total. The van der Waals surface area contributed by atoms with E-state index < -0.39 is 12.0 Å². The summed E-state index contributed by atoms with van der Waals surface area (Å²) in [6.45, 7) is 1.02. The Balaban J connectivity index is 1.61. The van der Waals surface area contributed by atoms with Crippen molar-refractivity contribution in [1.29, 1.82) is 0 Å². The molecule has 2 aliphatic rings. The lowest BCUT2D eigenvalue weighted by atomic mass is 10.1. The number of carbonyl (C=O) groups is 3. The molecule has 1 atom stereocenters. The molecule has 0 spiro atoms.